The van der Waals surface area contributed by atoms with Gasteiger partial charge in [0.05, 0.1) is 11.0 Å². The zero-order valence-electron chi connectivity index (χ0n) is 21.6. The lowest BCUT2D eigenvalue weighted by molar-refractivity contribution is -0.274. The Balaban J connectivity index is 1.73. The van der Waals surface area contributed by atoms with E-state index in [1.165, 1.54) is 31.2 Å². The highest BCUT2D eigenvalue weighted by molar-refractivity contribution is 5.99. The third kappa shape index (κ3) is 6.38. The van der Waals surface area contributed by atoms with Crippen LogP contribution in [0.4, 0.5) is 24.8 Å². The predicted molar refractivity (Wildman–Crippen MR) is 137 cm³/mol. The van der Waals surface area contributed by atoms with Gasteiger partial charge in [-0.25, -0.2) is 4.98 Å². The zero-order chi connectivity index (χ0) is 27.8. The maximum Gasteiger partial charge on any atom is 0.573 e. The fraction of sp³-hybridized carbons (Fsp3) is 0.444. The Hall–Kier alpha value is -3.76. The number of hydrogen-bond acceptors (Lipinski definition) is 5. The number of hydrogen-bond donors (Lipinski definition) is 3. The molecule has 2 unspecified atom stereocenters. The lowest BCUT2D eigenvalue weighted by Gasteiger charge is -2.40. The number of imidazole rings is 1. The Morgan fingerprint density at radius 3 is 2.45 bits per heavy atom. The van der Waals surface area contributed by atoms with Crippen LogP contribution in [0.5, 0.6) is 5.75 Å². The van der Waals surface area contributed by atoms with E-state index in [1.54, 1.807) is 18.2 Å². The number of rotatable bonds is 7. The number of amides is 1. The number of fused-ring (bicyclic) bond motifs is 1. The van der Waals surface area contributed by atoms with Crippen LogP contribution >= 0.6 is 0 Å². The first-order chi connectivity index (χ1) is 17.7. The molecule has 1 fully saturated rings. The van der Waals surface area contributed by atoms with Crippen molar-refractivity contribution >= 4 is 34.5 Å². The average Bonchev–Trinajstić information content (AvgIpc) is 3.15. The van der Waals surface area contributed by atoms with E-state index < -0.39 is 24.3 Å². The molecule has 3 aromatic rings. The van der Waals surface area contributed by atoms with Crippen LogP contribution in [-0.2, 0) is 4.79 Å². The molecule has 4 rings (SSSR count). The van der Waals surface area contributed by atoms with Crippen molar-refractivity contribution < 1.29 is 32.6 Å². The molecule has 204 valence electrons. The van der Waals surface area contributed by atoms with Gasteiger partial charge in [0.15, 0.2) is 0 Å². The SMILES string of the molecule is CC1CC(n2c(Nc3ccc(OC(F)(F)F)cc3)nc3ccc(C(=O)N[C@H](C)C(=O)O)cc32)CC(C)(C)C1. The topological polar surface area (TPSA) is 105 Å². The highest BCUT2D eigenvalue weighted by Gasteiger charge is 2.35. The first-order valence-electron chi connectivity index (χ1n) is 12.4. The van der Waals surface area contributed by atoms with Gasteiger partial charge in [-0.1, -0.05) is 20.8 Å². The molecule has 1 amide bonds. The Bertz CT molecular complexity index is 1330. The molecule has 1 saturated carbocycles. The fourth-order valence-electron chi connectivity index (χ4n) is 5.40. The van der Waals surface area contributed by atoms with Crippen molar-refractivity contribution in [3.63, 3.8) is 0 Å². The lowest BCUT2D eigenvalue weighted by Crippen LogP contribution is -2.38. The van der Waals surface area contributed by atoms with Crippen molar-refractivity contribution in [2.75, 3.05) is 5.32 Å². The van der Waals surface area contributed by atoms with E-state index in [1.807, 2.05) is 4.57 Å². The van der Waals surface area contributed by atoms with E-state index >= 15 is 0 Å². The number of carbonyl (C=O) groups is 2. The molecule has 0 radical (unpaired) electrons. The Morgan fingerprint density at radius 1 is 1.16 bits per heavy atom. The number of alkyl halides is 3. The molecule has 1 aromatic heterocycles. The molecule has 38 heavy (non-hydrogen) atoms. The number of aromatic nitrogens is 2. The van der Waals surface area contributed by atoms with Crippen molar-refractivity contribution in [3.8, 4) is 5.75 Å². The number of carboxylic acids is 1. The molecule has 2 aromatic carbocycles. The molecule has 1 aliphatic carbocycles. The van der Waals surface area contributed by atoms with E-state index in [-0.39, 0.29) is 17.2 Å². The summed E-state index contributed by atoms with van der Waals surface area (Å²) in [6, 6.07) is 9.38. The Kier molecular flexibility index (Phi) is 7.31. The number of benzene rings is 2. The van der Waals surface area contributed by atoms with Gasteiger partial charge < -0.3 is 25.0 Å². The molecule has 11 heteroatoms. The second-order valence-electron chi connectivity index (χ2n) is 10.8. The zero-order valence-corrected chi connectivity index (χ0v) is 21.6. The first-order valence-corrected chi connectivity index (χ1v) is 12.4. The number of carboxylic acid groups (broad SMARTS) is 1. The summed E-state index contributed by atoms with van der Waals surface area (Å²) in [5, 5.41) is 14.8. The van der Waals surface area contributed by atoms with Crippen LogP contribution in [0.2, 0.25) is 0 Å². The number of anilines is 2. The normalized spacial score (nSPS) is 20.1. The van der Waals surface area contributed by atoms with Crippen molar-refractivity contribution in [2.45, 2.75) is 65.4 Å². The predicted octanol–water partition coefficient (Wildman–Crippen LogP) is 6.27. The maximum atomic E-state index is 12.8. The van der Waals surface area contributed by atoms with Gasteiger partial charge in [-0.05, 0) is 80.0 Å². The lowest BCUT2D eigenvalue weighted by atomic mass is 9.70. The third-order valence-corrected chi connectivity index (χ3v) is 6.74. The summed E-state index contributed by atoms with van der Waals surface area (Å²) in [7, 11) is 0. The first kappa shape index (κ1) is 27.3. The average molecular weight is 533 g/mol. The van der Waals surface area contributed by atoms with Crippen LogP contribution in [0.25, 0.3) is 11.0 Å². The standard InChI is InChI=1S/C27H31F3N4O4/c1-15-11-19(14-26(3,4)13-15)34-22-12-17(23(35)31-16(2)24(36)37)5-10-21(22)33-25(34)32-18-6-8-20(9-7-18)38-27(28,29)30/h5-10,12,15-16,19H,11,13-14H2,1-4H3,(H,31,35)(H,32,33)(H,36,37)/t15?,16-,19?/m1/s1. The summed E-state index contributed by atoms with van der Waals surface area (Å²) >= 11 is 0. The van der Waals surface area contributed by atoms with Crippen molar-refractivity contribution in [1.29, 1.82) is 0 Å². The molecule has 0 bridgehead atoms. The third-order valence-electron chi connectivity index (χ3n) is 6.74. The molecule has 1 aliphatic rings. The van der Waals surface area contributed by atoms with Crippen LogP contribution < -0.4 is 15.4 Å². The number of nitrogens with one attached hydrogen (secondary N) is 2. The minimum atomic E-state index is -4.78. The minimum Gasteiger partial charge on any atom is -0.480 e. The van der Waals surface area contributed by atoms with E-state index in [2.05, 4.69) is 36.1 Å². The molecular weight excluding hydrogens is 501 g/mol. The summed E-state index contributed by atoms with van der Waals surface area (Å²) in [5.74, 6) is -1.04. The van der Waals surface area contributed by atoms with E-state index in [0.717, 1.165) is 19.3 Å². The van der Waals surface area contributed by atoms with Gasteiger partial charge in [0.1, 0.15) is 11.8 Å². The number of nitrogens with zero attached hydrogens (tertiary/aromatic N) is 2. The van der Waals surface area contributed by atoms with Gasteiger partial charge in [0.25, 0.3) is 5.91 Å². The summed E-state index contributed by atoms with van der Waals surface area (Å²) in [6.07, 6.45) is -1.96. The molecule has 0 aliphatic heterocycles. The largest absolute Gasteiger partial charge is 0.573 e. The van der Waals surface area contributed by atoms with Gasteiger partial charge in [0, 0.05) is 17.3 Å². The van der Waals surface area contributed by atoms with Gasteiger partial charge in [0.2, 0.25) is 5.95 Å². The van der Waals surface area contributed by atoms with Crippen molar-refractivity contribution in [2.24, 2.45) is 11.3 Å². The minimum absolute atomic E-state index is 0.0466. The van der Waals surface area contributed by atoms with Gasteiger partial charge in [-0.15, -0.1) is 13.2 Å². The second kappa shape index (κ2) is 10.2. The summed E-state index contributed by atoms with van der Waals surface area (Å²) in [5.41, 5.74) is 2.22. The Morgan fingerprint density at radius 2 is 1.84 bits per heavy atom. The van der Waals surface area contributed by atoms with Crippen LogP contribution in [0.1, 0.15) is 63.4 Å². The van der Waals surface area contributed by atoms with E-state index in [4.69, 9.17) is 10.1 Å². The molecule has 0 spiro atoms. The van der Waals surface area contributed by atoms with Crippen molar-refractivity contribution in [3.05, 3.63) is 48.0 Å². The van der Waals surface area contributed by atoms with Gasteiger partial charge in [-0.2, -0.15) is 0 Å². The van der Waals surface area contributed by atoms with Crippen LogP contribution in [0.15, 0.2) is 42.5 Å². The van der Waals surface area contributed by atoms with E-state index in [9.17, 15) is 22.8 Å². The highest BCUT2D eigenvalue weighted by atomic mass is 19.4. The van der Waals surface area contributed by atoms with Crippen LogP contribution in [0.3, 0.4) is 0 Å². The summed E-state index contributed by atoms with van der Waals surface area (Å²) < 4.78 is 43.7. The molecule has 3 atom stereocenters. The number of ether oxygens (including phenoxy) is 1. The number of halogens is 3. The number of carbonyl (C=O) groups excluding carboxylic acids is 1. The van der Waals surface area contributed by atoms with E-state index in [0.29, 0.717) is 34.2 Å². The number of aliphatic carboxylic acids is 1. The fourth-order valence-corrected chi connectivity index (χ4v) is 5.40. The quantitative estimate of drug-likeness (QED) is 0.331. The molecule has 0 saturated heterocycles. The van der Waals surface area contributed by atoms with Crippen LogP contribution in [-0.4, -0.2) is 38.9 Å². The van der Waals surface area contributed by atoms with Crippen molar-refractivity contribution in [1.82, 2.24) is 14.9 Å². The summed E-state index contributed by atoms with van der Waals surface area (Å²) in [4.78, 5) is 28.7. The monoisotopic (exact) mass is 532 g/mol. The molecule has 3 N–H and O–H groups in total. The molecule has 1 heterocycles. The Labute approximate surface area is 218 Å². The van der Waals surface area contributed by atoms with Gasteiger partial charge >= 0.3 is 12.3 Å². The maximum absolute atomic E-state index is 12.8. The van der Waals surface area contributed by atoms with Crippen LogP contribution in [0, 0.1) is 11.3 Å². The second-order valence-corrected chi connectivity index (χ2v) is 10.8. The molecule has 8 nitrogen and oxygen atoms in total. The highest BCUT2D eigenvalue weighted by Crippen LogP contribution is 2.46. The summed E-state index contributed by atoms with van der Waals surface area (Å²) in [6.45, 7) is 8.02. The van der Waals surface area contributed by atoms with Gasteiger partial charge in [-0.3, -0.25) is 9.59 Å². The smallest absolute Gasteiger partial charge is 0.480 e. The molecular formula is C27H31F3N4O4.